The molecule has 3 aromatic carbocycles. The highest BCUT2D eigenvalue weighted by molar-refractivity contribution is 6.04. The number of aryl methyl sites for hydroxylation is 1. The van der Waals surface area contributed by atoms with Crippen LogP contribution in [0.25, 0.3) is 0 Å². The van der Waals surface area contributed by atoms with Gasteiger partial charge in [0.2, 0.25) is 5.91 Å². The number of nitrogens with one attached hydrogen (secondary N) is 1. The summed E-state index contributed by atoms with van der Waals surface area (Å²) < 4.78 is 11.1. The van der Waals surface area contributed by atoms with Crippen LogP contribution in [-0.2, 0) is 16.1 Å². The molecule has 3 aromatic rings. The molecule has 2 heterocycles. The van der Waals surface area contributed by atoms with Gasteiger partial charge < -0.3 is 24.6 Å². The van der Waals surface area contributed by atoms with Gasteiger partial charge in [0.1, 0.15) is 5.75 Å². The van der Waals surface area contributed by atoms with Crippen molar-refractivity contribution in [1.29, 1.82) is 0 Å². The number of carbonyl (C=O) groups is 3. The maximum atomic E-state index is 14.0. The largest absolute Gasteiger partial charge is 0.497 e. The Kier molecular flexibility index (Phi) is 8.54. The third kappa shape index (κ3) is 6.36. The quantitative estimate of drug-likeness (QED) is 0.440. The summed E-state index contributed by atoms with van der Waals surface area (Å²) in [5.41, 5.74) is 3.79. The lowest BCUT2D eigenvalue weighted by atomic mass is 9.99. The predicted molar refractivity (Wildman–Crippen MR) is 156 cm³/mol. The number of piperazine rings is 1. The van der Waals surface area contributed by atoms with E-state index in [9.17, 15) is 14.4 Å². The van der Waals surface area contributed by atoms with Crippen molar-refractivity contribution >= 4 is 23.6 Å². The first-order valence-corrected chi connectivity index (χ1v) is 14.0. The normalized spacial score (nSPS) is 19.1. The first kappa shape index (κ1) is 28.2. The molecular weight excluding hydrogens is 520 g/mol. The van der Waals surface area contributed by atoms with E-state index < -0.39 is 18.2 Å². The highest BCUT2D eigenvalue weighted by Gasteiger charge is 2.48. The minimum atomic E-state index is -0.797. The molecule has 2 unspecified atom stereocenters. The second kappa shape index (κ2) is 12.4. The maximum absolute atomic E-state index is 14.0. The van der Waals surface area contributed by atoms with E-state index >= 15 is 0 Å². The molecule has 0 aromatic heterocycles. The number of cyclic esters (lactones) is 1. The summed E-state index contributed by atoms with van der Waals surface area (Å²) in [5, 5.41) is 2.88. The van der Waals surface area contributed by atoms with Crippen molar-refractivity contribution < 1.29 is 23.9 Å². The van der Waals surface area contributed by atoms with Crippen LogP contribution in [-0.4, -0.2) is 78.5 Å². The van der Waals surface area contributed by atoms with E-state index in [0.717, 1.165) is 30.8 Å². The van der Waals surface area contributed by atoms with Gasteiger partial charge in [-0.05, 0) is 54.9 Å². The zero-order valence-corrected chi connectivity index (χ0v) is 23.7. The lowest BCUT2D eigenvalue weighted by Crippen LogP contribution is -2.54. The van der Waals surface area contributed by atoms with Crippen LogP contribution in [0.3, 0.4) is 0 Å². The number of hydrogen-bond acceptors (Lipinski definition) is 6. The molecule has 2 atom stereocenters. The fourth-order valence-electron chi connectivity index (χ4n) is 5.28. The van der Waals surface area contributed by atoms with Gasteiger partial charge in [-0.3, -0.25) is 14.5 Å². The lowest BCUT2D eigenvalue weighted by molar-refractivity contribution is -0.138. The monoisotopic (exact) mass is 556 g/mol. The van der Waals surface area contributed by atoms with Gasteiger partial charge in [-0.1, -0.05) is 55.0 Å². The summed E-state index contributed by atoms with van der Waals surface area (Å²) in [5.74, 6) is 0.213. The van der Waals surface area contributed by atoms with Gasteiger partial charge in [-0.2, -0.15) is 0 Å². The van der Waals surface area contributed by atoms with Crippen molar-refractivity contribution in [3.8, 4) is 5.75 Å². The van der Waals surface area contributed by atoms with Crippen LogP contribution in [0, 0.1) is 6.92 Å². The summed E-state index contributed by atoms with van der Waals surface area (Å²) in [4.78, 5) is 45.6. The highest BCUT2D eigenvalue weighted by Crippen LogP contribution is 2.35. The Balaban J connectivity index is 1.37. The predicted octanol–water partition coefficient (Wildman–Crippen LogP) is 4.48. The molecule has 2 fully saturated rings. The molecule has 3 amide bonds. The van der Waals surface area contributed by atoms with Gasteiger partial charge >= 0.3 is 6.09 Å². The van der Waals surface area contributed by atoms with Crippen molar-refractivity contribution in [2.24, 2.45) is 0 Å². The smallest absolute Gasteiger partial charge is 0.411 e. The zero-order chi connectivity index (χ0) is 28.9. The van der Waals surface area contributed by atoms with Gasteiger partial charge in [0, 0.05) is 37.4 Å². The molecule has 9 heteroatoms. The molecular formula is C32H36N4O5. The average molecular weight is 557 g/mol. The second-order valence-electron chi connectivity index (χ2n) is 10.4. The molecule has 5 rings (SSSR count). The van der Waals surface area contributed by atoms with Crippen molar-refractivity contribution in [2.45, 2.75) is 32.5 Å². The third-order valence-corrected chi connectivity index (χ3v) is 7.77. The first-order chi connectivity index (χ1) is 19.9. The Hall–Kier alpha value is -4.37. The number of benzene rings is 3. The van der Waals surface area contributed by atoms with Gasteiger partial charge in [-0.25, -0.2) is 4.79 Å². The molecule has 41 heavy (non-hydrogen) atoms. The molecule has 9 nitrogen and oxygen atoms in total. The molecule has 0 spiro atoms. The minimum absolute atomic E-state index is 0.112. The van der Waals surface area contributed by atoms with Crippen molar-refractivity contribution in [3.63, 3.8) is 0 Å². The number of likely N-dealkylation sites (N-methyl/N-ethyl adjacent to an activating group) is 1. The fraction of sp³-hybridized carbons (Fsp3) is 0.344. The zero-order valence-electron chi connectivity index (χ0n) is 23.7. The van der Waals surface area contributed by atoms with Gasteiger partial charge in [0.05, 0.1) is 13.7 Å². The lowest BCUT2D eigenvalue weighted by Gasteiger charge is -2.37. The summed E-state index contributed by atoms with van der Waals surface area (Å²) in [7, 11) is 1.55. The first-order valence-electron chi connectivity index (χ1n) is 14.0. The van der Waals surface area contributed by atoms with Crippen molar-refractivity contribution in [1.82, 2.24) is 14.7 Å². The molecule has 0 radical (unpaired) electrons. The van der Waals surface area contributed by atoms with E-state index in [1.165, 1.54) is 0 Å². The number of amides is 3. The van der Waals surface area contributed by atoms with Crippen LogP contribution in [0.1, 0.15) is 40.1 Å². The fourth-order valence-corrected chi connectivity index (χ4v) is 5.28. The van der Waals surface area contributed by atoms with Crippen LogP contribution >= 0.6 is 0 Å². The Labute approximate surface area is 240 Å². The van der Waals surface area contributed by atoms with Crippen molar-refractivity contribution in [2.75, 3.05) is 45.2 Å². The third-order valence-electron chi connectivity index (χ3n) is 7.77. The standard InChI is InChI=1S/C32H36N4O5/c1-4-34-16-18-35(19-17-34)31(38)28-29(41-32(39)36(28)21-23-10-8-22(2)9-11-23)24-12-14-26(15-13-24)33-30(37)25-6-5-7-27(20-25)40-3/h5-15,20,28-29H,4,16-19,21H2,1-3H3,(H,33,37). The van der Waals surface area contributed by atoms with E-state index in [4.69, 9.17) is 9.47 Å². The number of rotatable bonds is 8. The summed E-state index contributed by atoms with van der Waals surface area (Å²) in [6, 6.07) is 21.1. The Morgan fingerprint density at radius 3 is 2.34 bits per heavy atom. The van der Waals surface area contributed by atoms with Crippen molar-refractivity contribution in [3.05, 3.63) is 95.1 Å². The molecule has 214 valence electrons. The van der Waals surface area contributed by atoms with Gasteiger partial charge in [0.25, 0.3) is 5.91 Å². The SMILES string of the molecule is CCN1CCN(C(=O)C2C(c3ccc(NC(=O)c4cccc(OC)c4)cc3)OC(=O)N2Cc2ccc(C)cc2)CC1. The maximum Gasteiger partial charge on any atom is 0.411 e. The van der Waals surface area contributed by atoms with Crippen LogP contribution in [0.5, 0.6) is 5.75 Å². The van der Waals surface area contributed by atoms with Crippen LogP contribution in [0.2, 0.25) is 0 Å². The summed E-state index contributed by atoms with van der Waals surface area (Å²) in [6.07, 6.45) is -1.29. The van der Waals surface area contributed by atoms with Crippen LogP contribution < -0.4 is 10.1 Å². The Morgan fingerprint density at radius 1 is 0.976 bits per heavy atom. The minimum Gasteiger partial charge on any atom is -0.497 e. The summed E-state index contributed by atoms with van der Waals surface area (Å²) >= 11 is 0. The number of carbonyl (C=O) groups excluding carboxylic acids is 3. The van der Waals surface area contributed by atoms with Crippen LogP contribution in [0.15, 0.2) is 72.8 Å². The average Bonchev–Trinajstić information content (AvgIpc) is 3.33. The van der Waals surface area contributed by atoms with E-state index in [1.54, 1.807) is 60.5 Å². The Bertz CT molecular complexity index is 1380. The van der Waals surface area contributed by atoms with E-state index in [1.807, 2.05) is 36.1 Å². The topological polar surface area (TPSA) is 91.4 Å². The number of ether oxygens (including phenoxy) is 2. The van der Waals surface area contributed by atoms with E-state index in [0.29, 0.717) is 35.7 Å². The molecule has 2 saturated heterocycles. The molecule has 2 aliphatic rings. The molecule has 1 N–H and O–H groups in total. The highest BCUT2D eigenvalue weighted by atomic mass is 16.6. The molecule has 0 saturated carbocycles. The van der Waals surface area contributed by atoms with Crippen LogP contribution in [0.4, 0.5) is 10.5 Å². The number of methoxy groups -OCH3 is 1. The number of hydrogen-bond donors (Lipinski definition) is 1. The number of nitrogens with zero attached hydrogens (tertiary/aromatic N) is 3. The van der Waals surface area contributed by atoms with Gasteiger partial charge in [-0.15, -0.1) is 0 Å². The molecule has 0 aliphatic carbocycles. The second-order valence-corrected chi connectivity index (χ2v) is 10.4. The Morgan fingerprint density at radius 2 is 1.68 bits per heavy atom. The van der Waals surface area contributed by atoms with E-state index in [-0.39, 0.29) is 18.4 Å². The molecule has 2 aliphatic heterocycles. The van der Waals surface area contributed by atoms with Gasteiger partial charge in [0.15, 0.2) is 12.1 Å². The summed E-state index contributed by atoms with van der Waals surface area (Å²) in [6.45, 7) is 8.15. The van der Waals surface area contributed by atoms with E-state index in [2.05, 4.69) is 17.1 Å². The molecule has 0 bridgehead atoms. The number of anilines is 1.